The van der Waals surface area contributed by atoms with Crippen LogP contribution in [-0.4, -0.2) is 25.1 Å². The van der Waals surface area contributed by atoms with Crippen LogP contribution in [0.1, 0.15) is 24.5 Å². The van der Waals surface area contributed by atoms with Gasteiger partial charge in [-0.3, -0.25) is 4.79 Å². The highest BCUT2D eigenvalue weighted by Crippen LogP contribution is 2.35. The molecule has 0 saturated carbocycles. The molecule has 0 aromatic heterocycles. The second kappa shape index (κ2) is 7.05. The fourth-order valence-electron chi connectivity index (χ4n) is 3.00. The summed E-state index contributed by atoms with van der Waals surface area (Å²) in [5.41, 5.74) is 10.6. The van der Waals surface area contributed by atoms with Crippen LogP contribution in [0.4, 0.5) is 17.1 Å². The number of rotatable bonds is 4. The topological polar surface area (TPSA) is 67.6 Å². The largest absolute Gasteiger partial charge is 0.486 e. The molecule has 1 amide bonds. The molecule has 5 nitrogen and oxygen atoms in total. The Bertz CT molecular complexity index is 789. The molecule has 0 aliphatic carbocycles. The molecular formula is C20H25N3O2. The van der Waals surface area contributed by atoms with Crippen LogP contribution in [-0.2, 0) is 4.79 Å². The first kappa shape index (κ1) is 17.1. The zero-order chi connectivity index (χ0) is 18.0. The van der Waals surface area contributed by atoms with Gasteiger partial charge in [-0.1, -0.05) is 13.0 Å². The van der Waals surface area contributed by atoms with E-state index in [0.29, 0.717) is 12.2 Å². The van der Waals surface area contributed by atoms with Gasteiger partial charge < -0.3 is 20.7 Å². The maximum Gasteiger partial charge on any atom is 0.243 e. The van der Waals surface area contributed by atoms with Crippen molar-refractivity contribution in [3.05, 3.63) is 47.5 Å². The molecule has 0 fully saturated rings. The van der Waals surface area contributed by atoms with E-state index in [9.17, 15) is 4.79 Å². The minimum Gasteiger partial charge on any atom is -0.486 e. The van der Waals surface area contributed by atoms with Crippen LogP contribution in [0.25, 0.3) is 0 Å². The third-order valence-electron chi connectivity index (χ3n) is 4.62. The first-order chi connectivity index (χ1) is 12.0. The summed E-state index contributed by atoms with van der Waals surface area (Å²) >= 11 is 0. The molecule has 5 heteroatoms. The van der Waals surface area contributed by atoms with Gasteiger partial charge in [0.2, 0.25) is 5.91 Å². The van der Waals surface area contributed by atoms with Gasteiger partial charge in [-0.2, -0.15) is 0 Å². The van der Waals surface area contributed by atoms with Gasteiger partial charge in [0.25, 0.3) is 0 Å². The van der Waals surface area contributed by atoms with Gasteiger partial charge >= 0.3 is 0 Å². The molecular weight excluding hydrogens is 314 g/mol. The number of amides is 1. The molecule has 1 atom stereocenters. The van der Waals surface area contributed by atoms with E-state index in [2.05, 4.69) is 19.2 Å². The van der Waals surface area contributed by atoms with Crippen LogP contribution in [0.15, 0.2) is 36.4 Å². The Balaban J connectivity index is 1.76. The number of hydrogen-bond donors (Lipinski definition) is 2. The van der Waals surface area contributed by atoms with Crippen molar-refractivity contribution in [3.63, 3.8) is 0 Å². The molecule has 1 unspecified atom stereocenters. The van der Waals surface area contributed by atoms with Crippen LogP contribution in [0.5, 0.6) is 5.75 Å². The summed E-state index contributed by atoms with van der Waals surface area (Å²) in [5, 5.41) is 2.98. The van der Waals surface area contributed by atoms with Gasteiger partial charge in [0.05, 0.1) is 18.8 Å². The molecule has 0 spiro atoms. The summed E-state index contributed by atoms with van der Waals surface area (Å²) in [6, 6.07) is 11.5. The number of carbonyl (C=O) groups excluding carboxylic acids is 1. The Morgan fingerprint density at radius 2 is 2.04 bits per heavy atom. The van der Waals surface area contributed by atoms with Crippen molar-refractivity contribution in [2.75, 3.05) is 29.0 Å². The van der Waals surface area contributed by atoms with E-state index in [4.69, 9.17) is 10.5 Å². The molecule has 2 aromatic rings. The van der Waals surface area contributed by atoms with Crippen LogP contribution in [0.2, 0.25) is 0 Å². The number of nitrogens with one attached hydrogen (secondary N) is 1. The third-order valence-corrected chi connectivity index (χ3v) is 4.62. The lowest BCUT2D eigenvalue weighted by molar-refractivity contribution is -0.115. The monoisotopic (exact) mass is 339 g/mol. The normalized spacial score (nSPS) is 16.1. The molecule has 2 aromatic carbocycles. The summed E-state index contributed by atoms with van der Waals surface area (Å²) in [7, 11) is 0. The van der Waals surface area contributed by atoms with E-state index in [-0.39, 0.29) is 18.6 Å². The number of nitrogens with zero attached hydrogens (tertiary/aromatic N) is 1. The van der Waals surface area contributed by atoms with Crippen LogP contribution < -0.4 is 20.7 Å². The summed E-state index contributed by atoms with van der Waals surface area (Å²) in [5.74, 6) is 0.736. The highest BCUT2D eigenvalue weighted by atomic mass is 16.5. The molecule has 25 heavy (non-hydrogen) atoms. The number of fused-ring (bicyclic) bond motifs is 1. The van der Waals surface area contributed by atoms with Gasteiger partial charge in [0.1, 0.15) is 11.9 Å². The zero-order valence-electron chi connectivity index (χ0n) is 15.0. The van der Waals surface area contributed by atoms with Gasteiger partial charge in [0.15, 0.2) is 0 Å². The smallest absolute Gasteiger partial charge is 0.243 e. The van der Waals surface area contributed by atoms with Crippen LogP contribution in [0.3, 0.4) is 0 Å². The van der Waals surface area contributed by atoms with Crippen molar-refractivity contribution in [1.29, 1.82) is 0 Å². The first-order valence-electron chi connectivity index (χ1n) is 8.64. The Labute approximate surface area is 148 Å². The van der Waals surface area contributed by atoms with E-state index in [1.165, 1.54) is 5.56 Å². The minimum absolute atomic E-state index is 0.0478. The first-order valence-corrected chi connectivity index (χ1v) is 8.64. The van der Waals surface area contributed by atoms with E-state index in [1.807, 2.05) is 48.2 Å². The standard InChI is InChI=1S/C20H25N3O2/c1-4-17-11-23(18-10-15(21)6-8-19(18)25-17)12-20(24)22-16-7-5-13(2)14(3)9-16/h5-10,17H,4,11-12,21H2,1-3H3,(H,22,24). The zero-order valence-corrected chi connectivity index (χ0v) is 15.0. The highest BCUT2D eigenvalue weighted by Gasteiger charge is 2.26. The number of anilines is 3. The third kappa shape index (κ3) is 3.87. The van der Waals surface area contributed by atoms with Crippen molar-refractivity contribution in [1.82, 2.24) is 0 Å². The van der Waals surface area contributed by atoms with Crippen molar-refractivity contribution >= 4 is 23.0 Å². The SMILES string of the molecule is CCC1CN(CC(=O)Nc2ccc(C)c(C)c2)c2cc(N)ccc2O1. The predicted octanol–water partition coefficient (Wildman–Crippen LogP) is 3.50. The van der Waals surface area contributed by atoms with Crippen molar-refractivity contribution in [2.24, 2.45) is 0 Å². The Morgan fingerprint density at radius 3 is 2.76 bits per heavy atom. The number of ether oxygens (including phenoxy) is 1. The predicted molar refractivity (Wildman–Crippen MR) is 102 cm³/mol. The second-order valence-corrected chi connectivity index (χ2v) is 6.60. The maximum atomic E-state index is 12.5. The van der Waals surface area contributed by atoms with Crippen molar-refractivity contribution in [2.45, 2.75) is 33.3 Å². The van der Waals surface area contributed by atoms with Crippen molar-refractivity contribution < 1.29 is 9.53 Å². The molecule has 3 N–H and O–H groups in total. The molecule has 1 aliphatic heterocycles. The lowest BCUT2D eigenvalue weighted by atomic mass is 10.1. The van der Waals surface area contributed by atoms with E-state index in [1.54, 1.807) is 0 Å². The van der Waals surface area contributed by atoms with Crippen LogP contribution >= 0.6 is 0 Å². The average molecular weight is 339 g/mol. The number of nitrogen functional groups attached to an aromatic ring is 1. The Hall–Kier alpha value is -2.69. The number of carbonyl (C=O) groups is 1. The van der Waals surface area contributed by atoms with Crippen molar-refractivity contribution in [3.8, 4) is 5.75 Å². The number of hydrogen-bond acceptors (Lipinski definition) is 4. The van der Waals surface area contributed by atoms with E-state index < -0.39 is 0 Å². The number of nitrogens with two attached hydrogens (primary N) is 1. The fourth-order valence-corrected chi connectivity index (χ4v) is 3.00. The summed E-state index contributed by atoms with van der Waals surface area (Å²) < 4.78 is 5.97. The molecule has 1 aliphatic rings. The minimum atomic E-state index is -0.0478. The molecule has 0 bridgehead atoms. The Kier molecular flexibility index (Phi) is 4.83. The fraction of sp³-hybridized carbons (Fsp3) is 0.350. The quantitative estimate of drug-likeness (QED) is 0.837. The summed E-state index contributed by atoms with van der Waals surface area (Å²) in [6.45, 7) is 7.12. The average Bonchev–Trinajstić information content (AvgIpc) is 2.58. The molecule has 0 saturated heterocycles. The van der Waals surface area contributed by atoms with E-state index >= 15 is 0 Å². The van der Waals surface area contributed by atoms with Gasteiger partial charge in [-0.25, -0.2) is 0 Å². The molecule has 132 valence electrons. The summed E-state index contributed by atoms with van der Waals surface area (Å²) in [4.78, 5) is 14.6. The molecule has 0 radical (unpaired) electrons. The molecule has 3 rings (SSSR count). The van der Waals surface area contributed by atoms with Gasteiger partial charge in [-0.15, -0.1) is 0 Å². The maximum absolute atomic E-state index is 12.5. The summed E-state index contributed by atoms with van der Waals surface area (Å²) in [6.07, 6.45) is 0.963. The Morgan fingerprint density at radius 1 is 1.24 bits per heavy atom. The lowest BCUT2D eigenvalue weighted by Gasteiger charge is -2.35. The number of benzene rings is 2. The van der Waals surface area contributed by atoms with Gasteiger partial charge in [0, 0.05) is 11.4 Å². The number of aryl methyl sites for hydroxylation is 2. The highest BCUT2D eigenvalue weighted by molar-refractivity contribution is 5.94. The van der Waals surface area contributed by atoms with Gasteiger partial charge in [-0.05, 0) is 61.7 Å². The van der Waals surface area contributed by atoms with Crippen LogP contribution in [0, 0.1) is 13.8 Å². The molecule has 1 heterocycles. The van der Waals surface area contributed by atoms with E-state index in [0.717, 1.165) is 29.1 Å². The lowest BCUT2D eigenvalue weighted by Crippen LogP contribution is -2.43. The second-order valence-electron chi connectivity index (χ2n) is 6.60.